The van der Waals surface area contributed by atoms with Gasteiger partial charge in [0.1, 0.15) is 5.75 Å². The lowest BCUT2D eigenvalue weighted by Gasteiger charge is -2.12. The molecule has 4 nitrogen and oxygen atoms in total. The van der Waals surface area contributed by atoms with Gasteiger partial charge in [-0.1, -0.05) is 11.6 Å². The van der Waals surface area contributed by atoms with Crippen molar-refractivity contribution in [3.05, 3.63) is 46.6 Å². The molecule has 0 aliphatic heterocycles. The van der Waals surface area contributed by atoms with E-state index in [2.05, 4.69) is 9.98 Å². The lowest BCUT2D eigenvalue weighted by atomic mass is 10.2. The van der Waals surface area contributed by atoms with Crippen LogP contribution < -0.4 is 4.74 Å². The molecule has 8 heteroatoms. The maximum Gasteiger partial charge on any atom is 0.417 e. The van der Waals surface area contributed by atoms with Crippen LogP contribution >= 0.6 is 11.6 Å². The van der Waals surface area contributed by atoms with E-state index in [4.69, 9.17) is 16.3 Å². The highest BCUT2D eigenvalue weighted by Gasteiger charge is 2.33. The van der Waals surface area contributed by atoms with Crippen LogP contribution in [0.1, 0.15) is 11.1 Å². The zero-order valence-electron chi connectivity index (χ0n) is 13.2. The Morgan fingerprint density at radius 1 is 1.25 bits per heavy atom. The van der Waals surface area contributed by atoms with Crippen molar-refractivity contribution in [1.29, 1.82) is 0 Å². The van der Waals surface area contributed by atoms with Crippen molar-refractivity contribution in [2.75, 3.05) is 14.1 Å². The number of aliphatic imine (C=N–C) groups is 1. The second-order valence-corrected chi connectivity index (χ2v) is 5.67. The van der Waals surface area contributed by atoms with Crippen molar-refractivity contribution in [2.24, 2.45) is 4.99 Å². The smallest absolute Gasteiger partial charge is 0.417 e. The molecule has 2 aromatic rings. The van der Waals surface area contributed by atoms with Gasteiger partial charge >= 0.3 is 6.18 Å². The number of hydrogen-bond acceptors (Lipinski definition) is 3. The molecule has 0 radical (unpaired) electrons. The van der Waals surface area contributed by atoms with Gasteiger partial charge in [-0.25, -0.2) is 9.98 Å². The molecule has 0 unspecified atom stereocenters. The number of ether oxygens (including phenoxy) is 1. The van der Waals surface area contributed by atoms with E-state index in [9.17, 15) is 13.2 Å². The van der Waals surface area contributed by atoms with Crippen LogP contribution in [-0.2, 0) is 6.18 Å². The van der Waals surface area contributed by atoms with Crippen LogP contribution in [0, 0.1) is 6.92 Å². The van der Waals surface area contributed by atoms with Crippen molar-refractivity contribution in [2.45, 2.75) is 13.1 Å². The van der Waals surface area contributed by atoms with Crippen molar-refractivity contribution < 1.29 is 17.9 Å². The first kappa shape index (κ1) is 18.1. The van der Waals surface area contributed by atoms with Crippen molar-refractivity contribution in [3.8, 4) is 11.6 Å². The Bertz CT molecular complexity index is 761. The van der Waals surface area contributed by atoms with Gasteiger partial charge in [-0.15, -0.1) is 0 Å². The van der Waals surface area contributed by atoms with E-state index in [1.165, 1.54) is 12.3 Å². The predicted octanol–water partition coefficient (Wildman–Crippen LogP) is 5.08. The van der Waals surface area contributed by atoms with Crippen molar-refractivity contribution in [1.82, 2.24) is 9.88 Å². The monoisotopic (exact) mass is 357 g/mol. The summed E-state index contributed by atoms with van der Waals surface area (Å²) in [5, 5.41) is -0.382. The standard InChI is InChI=1S/C16H15ClF3N3O/c1-10-6-15(21-8-14(10)22-9-23(2)3)24-11-4-5-13(17)12(7-11)16(18,19)20/h4-9H,1-3H3. The summed E-state index contributed by atoms with van der Waals surface area (Å²) in [6, 6.07) is 4.94. The maximum absolute atomic E-state index is 12.9. The lowest BCUT2D eigenvalue weighted by molar-refractivity contribution is -0.137. The van der Waals surface area contributed by atoms with E-state index in [-0.39, 0.29) is 16.7 Å². The highest BCUT2D eigenvalue weighted by atomic mass is 35.5. The van der Waals surface area contributed by atoms with Gasteiger partial charge in [-0.05, 0) is 30.7 Å². The molecule has 0 aliphatic rings. The van der Waals surface area contributed by atoms with Crippen molar-refractivity contribution in [3.63, 3.8) is 0 Å². The molecule has 1 heterocycles. The second kappa shape index (κ2) is 7.09. The molecule has 0 N–H and O–H groups in total. The molecule has 2 rings (SSSR count). The second-order valence-electron chi connectivity index (χ2n) is 5.26. The van der Waals surface area contributed by atoms with Gasteiger partial charge in [0.25, 0.3) is 0 Å². The van der Waals surface area contributed by atoms with Gasteiger partial charge in [0.15, 0.2) is 0 Å². The largest absolute Gasteiger partial charge is 0.439 e. The summed E-state index contributed by atoms with van der Waals surface area (Å²) in [6.45, 7) is 1.81. The molecule has 0 atom stereocenters. The molecule has 0 fully saturated rings. The van der Waals surface area contributed by atoms with Crippen LogP contribution in [-0.4, -0.2) is 30.3 Å². The summed E-state index contributed by atoms with van der Waals surface area (Å²) in [6.07, 6.45) is -1.44. The number of halogens is 4. The first-order valence-corrected chi connectivity index (χ1v) is 7.26. The van der Waals surface area contributed by atoms with Gasteiger partial charge in [-0.3, -0.25) is 0 Å². The van der Waals surface area contributed by atoms with E-state index < -0.39 is 11.7 Å². The molecule has 1 aromatic heterocycles. The van der Waals surface area contributed by atoms with E-state index in [0.717, 1.165) is 17.7 Å². The number of benzene rings is 1. The summed E-state index contributed by atoms with van der Waals surface area (Å²) < 4.78 is 44.0. The fourth-order valence-corrected chi connectivity index (χ4v) is 2.02. The number of rotatable bonds is 4. The Morgan fingerprint density at radius 2 is 1.96 bits per heavy atom. The molecule has 1 aromatic carbocycles. The van der Waals surface area contributed by atoms with E-state index in [1.807, 2.05) is 14.1 Å². The molecule has 0 saturated heterocycles. The third-order valence-electron chi connectivity index (χ3n) is 2.95. The average molecular weight is 358 g/mol. The zero-order chi connectivity index (χ0) is 17.9. The van der Waals surface area contributed by atoms with Crippen LogP contribution in [0.2, 0.25) is 5.02 Å². The summed E-state index contributed by atoms with van der Waals surface area (Å²) in [5.41, 5.74) is 0.469. The Labute approximate surface area is 142 Å². The third kappa shape index (κ3) is 4.61. The molecule has 24 heavy (non-hydrogen) atoms. The van der Waals surface area contributed by atoms with Gasteiger partial charge in [-0.2, -0.15) is 13.2 Å². The molecule has 0 aliphatic carbocycles. The SMILES string of the molecule is Cc1cc(Oc2ccc(Cl)c(C(F)(F)F)c2)ncc1N=CN(C)C. The van der Waals surface area contributed by atoms with E-state index >= 15 is 0 Å². The normalized spacial score (nSPS) is 11.8. The predicted molar refractivity (Wildman–Crippen MR) is 87.3 cm³/mol. The average Bonchev–Trinajstić information content (AvgIpc) is 2.47. The highest BCUT2D eigenvalue weighted by Crippen LogP contribution is 2.37. The number of aryl methyl sites for hydroxylation is 1. The number of nitrogens with zero attached hydrogens (tertiary/aromatic N) is 3. The first-order chi connectivity index (χ1) is 11.2. The minimum Gasteiger partial charge on any atom is -0.439 e. The Morgan fingerprint density at radius 3 is 2.54 bits per heavy atom. The third-order valence-corrected chi connectivity index (χ3v) is 3.28. The summed E-state index contributed by atoms with van der Waals surface area (Å²) in [4.78, 5) is 10.1. The number of pyridine rings is 1. The minimum absolute atomic E-state index is 0.00293. The fraction of sp³-hybridized carbons (Fsp3) is 0.250. The molecule has 0 bridgehead atoms. The Balaban J connectivity index is 2.24. The van der Waals surface area contributed by atoms with Crippen LogP contribution in [0.5, 0.6) is 11.6 Å². The summed E-state index contributed by atoms with van der Waals surface area (Å²) >= 11 is 5.58. The number of hydrogen-bond donors (Lipinski definition) is 0. The van der Waals surface area contributed by atoms with Gasteiger partial charge in [0, 0.05) is 20.2 Å². The quantitative estimate of drug-likeness (QED) is 0.566. The highest BCUT2D eigenvalue weighted by molar-refractivity contribution is 6.31. The summed E-state index contributed by atoms with van der Waals surface area (Å²) in [7, 11) is 3.67. The van der Waals surface area contributed by atoms with E-state index in [0.29, 0.717) is 5.69 Å². The molecular formula is C16H15ClF3N3O. The van der Waals surface area contributed by atoms with Gasteiger partial charge < -0.3 is 9.64 Å². The fourth-order valence-electron chi connectivity index (χ4n) is 1.80. The van der Waals surface area contributed by atoms with Gasteiger partial charge in [0.05, 0.1) is 28.8 Å². The van der Waals surface area contributed by atoms with Crippen LogP contribution in [0.4, 0.5) is 18.9 Å². The van der Waals surface area contributed by atoms with E-state index in [1.54, 1.807) is 24.2 Å². The maximum atomic E-state index is 12.9. The van der Waals surface area contributed by atoms with Gasteiger partial charge in [0.2, 0.25) is 5.88 Å². The molecular weight excluding hydrogens is 343 g/mol. The molecule has 0 saturated carbocycles. The number of aromatic nitrogens is 1. The van der Waals surface area contributed by atoms with Crippen LogP contribution in [0.25, 0.3) is 0 Å². The number of alkyl halides is 3. The van der Waals surface area contributed by atoms with Crippen molar-refractivity contribution >= 4 is 23.6 Å². The zero-order valence-corrected chi connectivity index (χ0v) is 14.0. The minimum atomic E-state index is -4.55. The Hall–Kier alpha value is -2.28. The molecule has 0 amide bonds. The lowest BCUT2D eigenvalue weighted by Crippen LogP contribution is -2.07. The Kier molecular flexibility index (Phi) is 5.33. The molecule has 128 valence electrons. The first-order valence-electron chi connectivity index (χ1n) is 6.88. The molecule has 0 spiro atoms. The summed E-state index contributed by atoms with van der Waals surface area (Å²) in [5.74, 6) is 0.176. The van der Waals surface area contributed by atoms with Crippen LogP contribution in [0.3, 0.4) is 0 Å². The topological polar surface area (TPSA) is 37.7 Å². The van der Waals surface area contributed by atoms with Crippen LogP contribution in [0.15, 0.2) is 35.5 Å².